The van der Waals surface area contributed by atoms with Crippen LogP contribution in [0.2, 0.25) is 5.02 Å². The van der Waals surface area contributed by atoms with Gasteiger partial charge in [-0.1, -0.05) is 30.3 Å². The van der Waals surface area contributed by atoms with E-state index in [1.165, 1.54) is 20.3 Å². The van der Waals surface area contributed by atoms with Crippen molar-refractivity contribution in [1.29, 1.82) is 0 Å². The number of nitrogens with one attached hydrogen (secondary N) is 1. The zero-order valence-electron chi connectivity index (χ0n) is 23.0. The van der Waals surface area contributed by atoms with Crippen LogP contribution < -0.4 is 29.2 Å². The van der Waals surface area contributed by atoms with E-state index in [-0.39, 0.29) is 18.8 Å². The summed E-state index contributed by atoms with van der Waals surface area (Å²) in [5.74, 6) is -0.401. The van der Waals surface area contributed by atoms with Gasteiger partial charge in [0, 0.05) is 59.3 Å². The van der Waals surface area contributed by atoms with E-state index >= 15 is 0 Å². The van der Waals surface area contributed by atoms with Crippen LogP contribution >= 0.6 is 11.6 Å². The van der Waals surface area contributed by atoms with Gasteiger partial charge in [-0.2, -0.15) is 0 Å². The van der Waals surface area contributed by atoms with Crippen LogP contribution in [0.3, 0.4) is 0 Å². The number of halogens is 4. The van der Waals surface area contributed by atoms with Crippen molar-refractivity contribution in [2.45, 2.75) is 31.7 Å². The third-order valence-electron chi connectivity index (χ3n) is 6.60. The van der Waals surface area contributed by atoms with Crippen LogP contribution in [0.5, 0.6) is 23.0 Å². The van der Waals surface area contributed by atoms with Gasteiger partial charge in [0.15, 0.2) is 11.5 Å². The van der Waals surface area contributed by atoms with Crippen molar-refractivity contribution in [2.24, 2.45) is 0 Å². The Balaban J connectivity index is 1.67. The lowest BCUT2D eigenvalue weighted by molar-refractivity contribution is -0.275. The molecule has 0 aliphatic carbocycles. The lowest BCUT2D eigenvalue weighted by atomic mass is 10.0. The van der Waals surface area contributed by atoms with E-state index in [0.29, 0.717) is 53.0 Å². The molecule has 3 aromatic rings. The van der Waals surface area contributed by atoms with Crippen LogP contribution in [0.25, 0.3) is 0 Å². The second-order valence-electron chi connectivity index (χ2n) is 9.44. The molecular formula is C30H30ClF3N2O6. The van der Waals surface area contributed by atoms with Crippen molar-refractivity contribution in [1.82, 2.24) is 0 Å². The highest BCUT2D eigenvalue weighted by Crippen LogP contribution is 2.44. The summed E-state index contributed by atoms with van der Waals surface area (Å²) in [6.45, 7) is 5.00. The Labute approximate surface area is 246 Å². The molecule has 0 saturated carbocycles. The number of alkyl halides is 3. The molecule has 0 aromatic heterocycles. The molecule has 0 bridgehead atoms. The molecule has 4 rings (SSSR count). The fraction of sp³-hybridized carbons (Fsp3) is 0.300. The molecular weight excluding hydrogens is 577 g/mol. The number of ether oxygens (including phenoxy) is 4. The molecule has 0 saturated heterocycles. The van der Waals surface area contributed by atoms with Crippen LogP contribution in [0.4, 0.5) is 24.5 Å². The van der Waals surface area contributed by atoms with Crippen molar-refractivity contribution in [3.63, 3.8) is 0 Å². The van der Waals surface area contributed by atoms with Gasteiger partial charge < -0.3 is 34.3 Å². The molecule has 1 atom stereocenters. The molecule has 0 radical (unpaired) electrons. The lowest BCUT2D eigenvalue weighted by Gasteiger charge is -2.31. The Morgan fingerprint density at radius 1 is 1.07 bits per heavy atom. The number of fused-ring (bicyclic) bond motifs is 1. The minimum Gasteiger partial charge on any atom is -0.497 e. The predicted octanol–water partition coefficient (Wildman–Crippen LogP) is 7.23. The summed E-state index contributed by atoms with van der Waals surface area (Å²) in [6.07, 6.45) is -4.03. The molecule has 42 heavy (non-hydrogen) atoms. The first kappa shape index (κ1) is 30.7. The molecule has 0 spiro atoms. The molecule has 1 unspecified atom stereocenters. The van der Waals surface area contributed by atoms with E-state index in [1.54, 1.807) is 36.4 Å². The lowest BCUT2D eigenvalue weighted by Crippen LogP contribution is -2.27. The molecule has 8 nitrogen and oxygen atoms in total. The highest BCUT2D eigenvalue weighted by Gasteiger charge is 2.35. The summed E-state index contributed by atoms with van der Waals surface area (Å²) >= 11 is 6.15. The zero-order valence-corrected chi connectivity index (χ0v) is 23.7. The molecule has 2 N–H and O–H groups in total. The number of nitrogens with zero attached hydrogens (tertiary/aromatic N) is 1. The third-order valence-corrected chi connectivity index (χ3v) is 6.85. The summed E-state index contributed by atoms with van der Waals surface area (Å²) in [5, 5.41) is 12.9. The number of carboxylic acid groups (broad SMARTS) is 1. The standard InChI is InChI=1S/C30H30ClF3N2O6/c1-18(36-11-10-20-13-26(40-3)27(17-25(20)36)42-30(32,33)34)29(19-6-8-21(31)9-7-19)35-22-14-23(39-2)16-24(15-22)41-12-4-5-28(37)38/h6-9,13-17,29,35H,1,4-5,10-12H2,2-3H3,(H,37,38). The summed E-state index contributed by atoms with van der Waals surface area (Å²) in [6, 6.07) is 14.6. The number of methoxy groups -OCH3 is 2. The largest absolute Gasteiger partial charge is 0.573 e. The third kappa shape index (κ3) is 7.73. The highest BCUT2D eigenvalue weighted by atomic mass is 35.5. The molecule has 1 heterocycles. The van der Waals surface area contributed by atoms with Crippen LogP contribution in [0.15, 0.2) is 66.9 Å². The Morgan fingerprint density at radius 2 is 1.79 bits per heavy atom. The Bertz CT molecular complexity index is 1430. The molecule has 0 fully saturated rings. The normalized spacial score (nSPS) is 13.2. The van der Waals surface area contributed by atoms with Crippen LogP contribution in [-0.4, -0.2) is 44.8 Å². The molecule has 224 valence electrons. The first-order valence-corrected chi connectivity index (χ1v) is 13.3. The minimum absolute atomic E-state index is 0.0156. The van der Waals surface area contributed by atoms with Crippen LogP contribution in [-0.2, 0) is 11.2 Å². The Hall–Kier alpha value is -4.25. The van der Waals surface area contributed by atoms with Crippen molar-refractivity contribution >= 4 is 28.9 Å². The molecule has 1 aliphatic heterocycles. The maximum Gasteiger partial charge on any atom is 0.573 e. The van der Waals surface area contributed by atoms with Gasteiger partial charge in [0.2, 0.25) is 0 Å². The summed E-state index contributed by atoms with van der Waals surface area (Å²) in [7, 11) is 2.80. The quantitative estimate of drug-likeness (QED) is 0.197. The Morgan fingerprint density at radius 3 is 2.43 bits per heavy atom. The van der Waals surface area contributed by atoms with E-state index in [4.69, 9.17) is 30.9 Å². The van der Waals surface area contributed by atoms with Gasteiger partial charge >= 0.3 is 12.3 Å². The van der Waals surface area contributed by atoms with Crippen molar-refractivity contribution in [3.8, 4) is 23.0 Å². The molecule has 3 aromatic carbocycles. The molecule has 0 amide bonds. The zero-order chi connectivity index (χ0) is 30.4. The maximum absolute atomic E-state index is 13.1. The topological polar surface area (TPSA) is 89.5 Å². The average molecular weight is 607 g/mol. The average Bonchev–Trinajstić information content (AvgIpc) is 3.35. The number of anilines is 2. The van der Waals surface area contributed by atoms with Gasteiger partial charge in [0.1, 0.15) is 11.5 Å². The van der Waals surface area contributed by atoms with Crippen LogP contribution in [0.1, 0.15) is 30.0 Å². The number of carboxylic acids is 1. The fourth-order valence-corrected chi connectivity index (χ4v) is 4.79. The molecule has 1 aliphatic rings. The monoisotopic (exact) mass is 606 g/mol. The first-order chi connectivity index (χ1) is 20.0. The van der Waals surface area contributed by atoms with Crippen molar-refractivity contribution < 1.29 is 42.0 Å². The van der Waals surface area contributed by atoms with Gasteiger partial charge in [0.05, 0.1) is 26.9 Å². The smallest absolute Gasteiger partial charge is 0.497 e. The predicted molar refractivity (Wildman–Crippen MR) is 153 cm³/mol. The van der Waals surface area contributed by atoms with E-state index in [9.17, 15) is 18.0 Å². The number of hydrogen-bond acceptors (Lipinski definition) is 7. The Kier molecular flexibility index (Phi) is 9.62. The van der Waals surface area contributed by atoms with E-state index < -0.39 is 24.1 Å². The van der Waals surface area contributed by atoms with Crippen LogP contribution in [0, 0.1) is 0 Å². The fourth-order valence-electron chi connectivity index (χ4n) is 4.66. The second kappa shape index (κ2) is 13.2. The molecule has 12 heteroatoms. The number of hydrogen-bond donors (Lipinski definition) is 2. The van der Waals surface area contributed by atoms with E-state index in [1.807, 2.05) is 17.0 Å². The van der Waals surface area contributed by atoms with Gasteiger partial charge in [-0.25, -0.2) is 0 Å². The summed E-state index contributed by atoms with van der Waals surface area (Å²) < 4.78 is 60.0. The highest BCUT2D eigenvalue weighted by molar-refractivity contribution is 6.30. The number of benzene rings is 3. The first-order valence-electron chi connectivity index (χ1n) is 13.0. The number of rotatable bonds is 13. The van der Waals surface area contributed by atoms with Crippen molar-refractivity contribution in [2.75, 3.05) is 37.6 Å². The van der Waals surface area contributed by atoms with Gasteiger partial charge in [-0.3, -0.25) is 4.79 Å². The number of aliphatic carboxylic acids is 1. The summed E-state index contributed by atoms with van der Waals surface area (Å²) in [5.41, 5.74) is 3.28. The summed E-state index contributed by atoms with van der Waals surface area (Å²) in [4.78, 5) is 12.7. The number of carbonyl (C=O) groups is 1. The van der Waals surface area contributed by atoms with Gasteiger partial charge in [-0.15, -0.1) is 13.2 Å². The van der Waals surface area contributed by atoms with E-state index in [2.05, 4.69) is 16.6 Å². The minimum atomic E-state index is -4.89. The van der Waals surface area contributed by atoms with E-state index in [0.717, 1.165) is 11.1 Å². The van der Waals surface area contributed by atoms with Crippen molar-refractivity contribution in [3.05, 3.63) is 83.0 Å². The maximum atomic E-state index is 13.1. The van der Waals surface area contributed by atoms with Gasteiger partial charge in [0.25, 0.3) is 0 Å². The SMILES string of the molecule is C=C(C(Nc1cc(OC)cc(OCCCC(=O)O)c1)c1ccc(Cl)cc1)N1CCc2cc(OC)c(OC(F)(F)F)cc21. The van der Waals surface area contributed by atoms with Gasteiger partial charge in [-0.05, 0) is 42.2 Å². The second-order valence-corrected chi connectivity index (χ2v) is 9.88.